The van der Waals surface area contributed by atoms with E-state index in [2.05, 4.69) is 10.1 Å². The summed E-state index contributed by atoms with van der Waals surface area (Å²) in [6.45, 7) is 1.32. The fourth-order valence-electron chi connectivity index (χ4n) is 1.25. The predicted octanol–water partition coefficient (Wildman–Crippen LogP) is 0.173. The van der Waals surface area contributed by atoms with Crippen molar-refractivity contribution in [2.45, 2.75) is 18.4 Å². The Labute approximate surface area is 80.6 Å². The first-order valence-electron chi connectivity index (χ1n) is 4.31. The van der Waals surface area contributed by atoms with E-state index >= 15 is 0 Å². The van der Waals surface area contributed by atoms with Gasteiger partial charge in [-0.1, -0.05) is 0 Å². The molecule has 4 nitrogen and oxygen atoms in total. The summed E-state index contributed by atoms with van der Waals surface area (Å²) in [5.41, 5.74) is -1.74. The first-order valence-corrected chi connectivity index (χ1v) is 4.31. The summed E-state index contributed by atoms with van der Waals surface area (Å²) >= 11 is 0. The highest BCUT2D eigenvalue weighted by Gasteiger charge is 2.64. The van der Waals surface area contributed by atoms with Gasteiger partial charge in [-0.15, -0.1) is 0 Å². The summed E-state index contributed by atoms with van der Waals surface area (Å²) in [6, 6.07) is 0. The largest absolute Gasteiger partial charge is 0.461 e. The van der Waals surface area contributed by atoms with Crippen molar-refractivity contribution in [3.05, 3.63) is 0 Å². The van der Waals surface area contributed by atoms with Crippen LogP contribution in [0.3, 0.4) is 0 Å². The zero-order valence-corrected chi connectivity index (χ0v) is 8.10. The average Bonchev–Trinajstić information content (AvgIpc) is 2.03. The molecule has 1 fully saturated rings. The molecule has 0 aromatic heterocycles. The van der Waals surface area contributed by atoms with Gasteiger partial charge < -0.3 is 14.8 Å². The Bertz CT molecular complexity index is 223. The van der Waals surface area contributed by atoms with Crippen LogP contribution < -0.4 is 5.32 Å². The number of halogens is 2. The third kappa shape index (κ3) is 1.48. The van der Waals surface area contributed by atoms with Crippen molar-refractivity contribution in [3.8, 4) is 0 Å². The minimum Gasteiger partial charge on any atom is -0.461 e. The Hall–Kier alpha value is -0.750. The summed E-state index contributed by atoms with van der Waals surface area (Å²) in [5, 5.41) is 2.64. The van der Waals surface area contributed by atoms with Gasteiger partial charge in [0.25, 0.3) is 0 Å². The van der Waals surface area contributed by atoms with Crippen molar-refractivity contribution in [2.75, 3.05) is 26.8 Å². The maximum atomic E-state index is 13.5. The second kappa shape index (κ2) is 3.78. The SMILES string of the molecule is CCOC(=O)C(F)(F)C1(OC)CNC1. The van der Waals surface area contributed by atoms with Gasteiger partial charge in [-0.3, -0.25) is 0 Å². The van der Waals surface area contributed by atoms with Crippen molar-refractivity contribution in [2.24, 2.45) is 0 Å². The monoisotopic (exact) mass is 209 g/mol. The summed E-state index contributed by atoms with van der Waals surface area (Å²) in [6.07, 6.45) is 0. The molecule has 82 valence electrons. The zero-order chi connectivity index (χ0) is 10.8. The molecule has 0 spiro atoms. The lowest BCUT2D eigenvalue weighted by Gasteiger charge is -2.44. The minimum absolute atomic E-state index is 0.0463. The van der Waals surface area contributed by atoms with E-state index in [0.717, 1.165) is 7.11 Å². The van der Waals surface area contributed by atoms with Crippen LogP contribution in [-0.4, -0.2) is 44.3 Å². The molecule has 14 heavy (non-hydrogen) atoms. The third-order valence-corrected chi connectivity index (χ3v) is 2.32. The maximum absolute atomic E-state index is 13.5. The fourth-order valence-corrected chi connectivity index (χ4v) is 1.25. The van der Waals surface area contributed by atoms with Crippen LogP contribution in [0.5, 0.6) is 0 Å². The van der Waals surface area contributed by atoms with Gasteiger partial charge in [-0.2, -0.15) is 8.78 Å². The zero-order valence-electron chi connectivity index (χ0n) is 8.10. The van der Waals surface area contributed by atoms with Crippen LogP contribution in [0.25, 0.3) is 0 Å². The standard InChI is InChI=1S/C8H13F2NO3/c1-3-14-6(12)8(9,10)7(13-2)4-11-5-7/h11H,3-5H2,1-2H3. The highest BCUT2D eigenvalue weighted by molar-refractivity contribution is 5.79. The normalized spacial score (nSPS) is 20.0. The number of ether oxygens (including phenoxy) is 2. The Morgan fingerprint density at radius 3 is 2.43 bits per heavy atom. The fraction of sp³-hybridized carbons (Fsp3) is 0.875. The van der Waals surface area contributed by atoms with Gasteiger partial charge in [0.2, 0.25) is 0 Å². The minimum atomic E-state index is -3.59. The lowest BCUT2D eigenvalue weighted by atomic mass is 9.89. The van der Waals surface area contributed by atoms with Crippen LogP contribution in [0, 0.1) is 0 Å². The highest BCUT2D eigenvalue weighted by atomic mass is 19.3. The van der Waals surface area contributed by atoms with Crippen LogP contribution in [-0.2, 0) is 14.3 Å². The molecule has 0 bridgehead atoms. The Kier molecular flexibility index (Phi) is 3.06. The van der Waals surface area contributed by atoms with E-state index in [4.69, 9.17) is 4.74 Å². The molecular weight excluding hydrogens is 196 g/mol. The lowest BCUT2D eigenvalue weighted by Crippen LogP contribution is -2.72. The highest BCUT2D eigenvalue weighted by Crippen LogP contribution is 2.36. The molecule has 0 aromatic rings. The molecule has 0 saturated carbocycles. The lowest BCUT2D eigenvalue weighted by molar-refractivity contribution is -0.232. The van der Waals surface area contributed by atoms with E-state index in [1.54, 1.807) is 0 Å². The summed E-state index contributed by atoms with van der Waals surface area (Å²) in [4.78, 5) is 11.0. The molecule has 1 aliphatic rings. The molecule has 1 aliphatic heterocycles. The summed E-state index contributed by atoms with van der Waals surface area (Å²) in [5.74, 6) is -5.12. The number of nitrogens with one attached hydrogen (secondary N) is 1. The van der Waals surface area contributed by atoms with Crippen molar-refractivity contribution >= 4 is 5.97 Å². The number of rotatable bonds is 4. The van der Waals surface area contributed by atoms with Gasteiger partial charge in [0.05, 0.1) is 6.61 Å². The van der Waals surface area contributed by atoms with Gasteiger partial charge in [0.15, 0.2) is 5.60 Å². The molecule has 1 heterocycles. The molecule has 1 rings (SSSR count). The Morgan fingerprint density at radius 1 is 1.57 bits per heavy atom. The second-order valence-corrected chi connectivity index (χ2v) is 3.10. The quantitative estimate of drug-likeness (QED) is 0.671. The molecule has 0 amide bonds. The van der Waals surface area contributed by atoms with E-state index in [9.17, 15) is 13.6 Å². The number of hydrogen-bond acceptors (Lipinski definition) is 4. The van der Waals surface area contributed by atoms with Gasteiger partial charge in [-0.25, -0.2) is 4.79 Å². The van der Waals surface area contributed by atoms with Crippen molar-refractivity contribution in [3.63, 3.8) is 0 Å². The van der Waals surface area contributed by atoms with E-state index < -0.39 is 17.5 Å². The molecule has 1 N–H and O–H groups in total. The summed E-state index contributed by atoms with van der Waals surface area (Å²) < 4.78 is 35.9. The van der Waals surface area contributed by atoms with Crippen LogP contribution in [0.2, 0.25) is 0 Å². The smallest absolute Gasteiger partial charge is 0.380 e. The second-order valence-electron chi connectivity index (χ2n) is 3.10. The number of hydrogen-bond donors (Lipinski definition) is 1. The first kappa shape index (κ1) is 11.3. The summed E-state index contributed by atoms with van der Waals surface area (Å²) in [7, 11) is 1.16. The molecule has 0 unspecified atom stereocenters. The van der Waals surface area contributed by atoms with Gasteiger partial charge in [-0.05, 0) is 6.92 Å². The Morgan fingerprint density at radius 2 is 2.14 bits per heavy atom. The van der Waals surface area contributed by atoms with Crippen molar-refractivity contribution in [1.29, 1.82) is 0 Å². The first-order chi connectivity index (χ1) is 6.50. The van der Waals surface area contributed by atoms with Gasteiger partial charge >= 0.3 is 11.9 Å². The Balaban J connectivity index is 2.76. The molecule has 0 aliphatic carbocycles. The van der Waals surface area contributed by atoms with Crippen molar-refractivity contribution < 1.29 is 23.0 Å². The van der Waals surface area contributed by atoms with Crippen LogP contribution in [0.4, 0.5) is 8.78 Å². The molecular formula is C8H13F2NO3. The number of methoxy groups -OCH3 is 1. The van der Waals surface area contributed by atoms with Crippen molar-refractivity contribution in [1.82, 2.24) is 5.32 Å². The van der Waals surface area contributed by atoms with E-state index in [1.165, 1.54) is 6.92 Å². The molecule has 6 heteroatoms. The topological polar surface area (TPSA) is 47.6 Å². The number of esters is 1. The number of carbonyl (C=O) groups excluding carboxylic acids is 1. The van der Waals surface area contributed by atoms with E-state index in [1.807, 2.05) is 0 Å². The average molecular weight is 209 g/mol. The van der Waals surface area contributed by atoms with Crippen LogP contribution in [0.1, 0.15) is 6.92 Å². The van der Waals surface area contributed by atoms with E-state index in [0.29, 0.717) is 0 Å². The molecule has 0 atom stereocenters. The molecule has 1 saturated heterocycles. The maximum Gasteiger partial charge on any atom is 0.380 e. The van der Waals surface area contributed by atoms with Gasteiger partial charge in [0.1, 0.15) is 0 Å². The van der Waals surface area contributed by atoms with Crippen LogP contribution >= 0.6 is 0 Å². The third-order valence-electron chi connectivity index (χ3n) is 2.32. The van der Waals surface area contributed by atoms with Gasteiger partial charge in [0, 0.05) is 20.2 Å². The van der Waals surface area contributed by atoms with E-state index in [-0.39, 0.29) is 19.7 Å². The molecule has 0 radical (unpaired) electrons. The number of carbonyl (C=O) groups is 1. The van der Waals surface area contributed by atoms with Crippen LogP contribution in [0.15, 0.2) is 0 Å². The molecule has 0 aromatic carbocycles. The number of alkyl halides is 2. The predicted molar refractivity (Wildman–Crippen MR) is 44.2 cm³/mol.